The van der Waals surface area contributed by atoms with Crippen LogP contribution < -0.4 is 0 Å². The van der Waals surface area contributed by atoms with Crippen LogP contribution in [-0.2, 0) is 19.6 Å². The second-order valence-electron chi connectivity index (χ2n) is 8.00. The predicted octanol–water partition coefficient (Wildman–Crippen LogP) is 0.133. The SMILES string of the molecule is O=C(C(CO)N1CCOCC1)N1CC(=C2CN(S(=O)(=O)c3ccc4ncsc4c3)C2)C1. The molecule has 0 bridgehead atoms. The van der Waals surface area contributed by atoms with Crippen LogP contribution in [-0.4, -0.2) is 104 Å². The molecule has 5 rings (SSSR count). The third-order valence-corrected chi connectivity index (χ3v) is 8.77. The maximum absolute atomic E-state index is 12.9. The fraction of sp³-hybridized carbons (Fsp3) is 0.500. The van der Waals surface area contributed by atoms with E-state index in [0.717, 1.165) is 21.4 Å². The first-order chi connectivity index (χ1) is 15.0. The van der Waals surface area contributed by atoms with Gasteiger partial charge in [0.2, 0.25) is 15.9 Å². The van der Waals surface area contributed by atoms with Crippen molar-refractivity contribution in [2.24, 2.45) is 0 Å². The van der Waals surface area contributed by atoms with E-state index < -0.39 is 16.1 Å². The molecule has 1 N–H and O–H groups in total. The molecule has 3 aliphatic heterocycles. The fourth-order valence-electron chi connectivity index (χ4n) is 4.16. The number of hydrogen-bond acceptors (Lipinski definition) is 8. The summed E-state index contributed by atoms with van der Waals surface area (Å²) in [6.45, 7) is 3.96. The van der Waals surface area contributed by atoms with Gasteiger partial charge in [0.1, 0.15) is 6.04 Å². The summed E-state index contributed by atoms with van der Waals surface area (Å²) in [7, 11) is -3.54. The molecule has 0 aliphatic carbocycles. The number of hydrogen-bond donors (Lipinski definition) is 1. The Hall–Kier alpha value is -1.89. The van der Waals surface area contributed by atoms with Gasteiger partial charge in [0.15, 0.2) is 0 Å². The smallest absolute Gasteiger partial charge is 0.243 e. The van der Waals surface area contributed by atoms with Crippen LogP contribution in [0.2, 0.25) is 0 Å². The number of carbonyl (C=O) groups excluding carboxylic acids is 1. The molecule has 3 saturated heterocycles. The van der Waals surface area contributed by atoms with E-state index in [-0.39, 0.29) is 17.4 Å². The van der Waals surface area contributed by atoms with Gasteiger partial charge in [-0.25, -0.2) is 13.4 Å². The van der Waals surface area contributed by atoms with Gasteiger partial charge in [-0.2, -0.15) is 4.31 Å². The molecule has 166 valence electrons. The number of ether oxygens (including phenoxy) is 1. The highest BCUT2D eigenvalue weighted by Gasteiger charge is 2.40. The highest BCUT2D eigenvalue weighted by Crippen LogP contribution is 2.32. The lowest BCUT2D eigenvalue weighted by Gasteiger charge is -2.44. The van der Waals surface area contributed by atoms with Crippen LogP contribution in [0.4, 0.5) is 0 Å². The molecule has 1 atom stereocenters. The number of amides is 1. The molecular formula is C20H24N4O5S2. The summed E-state index contributed by atoms with van der Waals surface area (Å²) < 4.78 is 33.5. The van der Waals surface area contributed by atoms with E-state index in [2.05, 4.69) is 4.98 Å². The summed E-state index contributed by atoms with van der Waals surface area (Å²) in [6, 6.07) is 4.49. The van der Waals surface area contributed by atoms with Crippen molar-refractivity contribution in [3.63, 3.8) is 0 Å². The molecule has 1 unspecified atom stereocenters. The average Bonchev–Trinajstić information content (AvgIpc) is 3.17. The third kappa shape index (κ3) is 3.79. The van der Waals surface area contributed by atoms with Gasteiger partial charge in [0, 0.05) is 39.3 Å². The highest BCUT2D eigenvalue weighted by atomic mass is 32.2. The Morgan fingerprint density at radius 1 is 1.16 bits per heavy atom. The Balaban J connectivity index is 1.20. The summed E-state index contributed by atoms with van der Waals surface area (Å²) in [5.74, 6) is -0.0737. The average molecular weight is 465 g/mol. The molecule has 0 radical (unpaired) electrons. The first-order valence-corrected chi connectivity index (χ1v) is 12.5. The second kappa shape index (κ2) is 8.23. The van der Waals surface area contributed by atoms with E-state index in [1.54, 1.807) is 28.6 Å². The number of rotatable bonds is 5. The number of thiazole rings is 1. The molecular weight excluding hydrogens is 440 g/mol. The number of sulfonamides is 1. The van der Waals surface area contributed by atoms with Gasteiger partial charge in [-0.3, -0.25) is 9.69 Å². The molecule has 2 aromatic rings. The summed E-state index contributed by atoms with van der Waals surface area (Å²) in [4.78, 5) is 20.9. The van der Waals surface area contributed by atoms with Gasteiger partial charge < -0.3 is 14.7 Å². The Morgan fingerprint density at radius 3 is 2.58 bits per heavy atom. The first-order valence-electron chi connectivity index (χ1n) is 10.2. The maximum atomic E-state index is 12.9. The zero-order chi connectivity index (χ0) is 21.6. The minimum absolute atomic E-state index is 0.0737. The molecule has 31 heavy (non-hydrogen) atoms. The number of fused-ring (bicyclic) bond motifs is 1. The van der Waals surface area contributed by atoms with Crippen LogP contribution in [0.25, 0.3) is 10.2 Å². The quantitative estimate of drug-likeness (QED) is 0.628. The number of likely N-dealkylation sites (tertiary alicyclic amines) is 1. The van der Waals surface area contributed by atoms with Gasteiger partial charge in [0.25, 0.3) is 0 Å². The summed E-state index contributed by atoms with van der Waals surface area (Å²) in [5, 5.41) is 9.72. The van der Waals surface area contributed by atoms with E-state index in [9.17, 15) is 18.3 Å². The van der Waals surface area contributed by atoms with Crippen LogP contribution in [0.3, 0.4) is 0 Å². The largest absolute Gasteiger partial charge is 0.394 e. The minimum atomic E-state index is -3.54. The van der Waals surface area contributed by atoms with E-state index in [0.29, 0.717) is 52.5 Å². The van der Waals surface area contributed by atoms with Crippen molar-refractivity contribution in [1.29, 1.82) is 0 Å². The second-order valence-corrected chi connectivity index (χ2v) is 10.8. The fourth-order valence-corrected chi connectivity index (χ4v) is 6.41. The van der Waals surface area contributed by atoms with Crippen molar-refractivity contribution < 1.29 is 23.1 Å². The Labute approximate surface area is 184 Å². The topological polar surface area (TPSA) is 103 Å². The molecule has 11 heteroatoms. The molecule has 1 aromatic heterocycles. The lowest BCUT2D eigenvalue weighted by atomic mass is 9.96. The predicted molar refractivity (Wildman–Crippen MR) is 115 cm³/mol. The van der Waals surface area contributed by atoms with E-state index >= 15 is 0 Å². The number of aliphatic hydroxyl groups excluding tert-OH is 1. The van der Waals surface area contributed by atoms with Crippen molar-refractivity contribution >= 4 is 37.5 Å². The van der Waals surface area contributed by atoms with Gasteiger partial charge >= 0.3 is 0 Å². The van der Waals surface area contributed by atoms with Gasteiger partial charge in [-0.05, 0) is 29.3 Å². The molecule has 0 spiro atoms. The van der Waals surface area contributed by atoms with Crippen LogP contribution in [0.15, 0.2) is 39.8 Å². The number of aromatic nitrogens is 1. The standard InChI is InChI=1S/C20H24N4O5S2/c25-12-18(22-3-5-29-6-4-22)20(26)23-8-14(9-23)15-10-24(11-15)31(27,28)16-1-2-17-19(7-16)30-13-21-17/h1-2,7,13,18,25H,3-6,8-12H2. The number of nitrogens with zero attached hydrogens (tertiary/aromatic N) is 4. The van der Waals surface area contributed by atoms with Crippen molar-refractivity contribution in [3.8, 4) is 0 Å². The summed E-state index contributed by atoms with van der Waals surface area (Å²) in [6.07, 6.45) is 0. The van der Waals surface area contributed by atoms with Crippen LogP contribution in [0.1, 0.15) is 0 Å². The van der Waals surface area contributed by atoms with E-state index in [1.165, 1.54) is 15.6 Å². The molecule has 1 aromatic carbocycles. The molecule has 4 heterocycles. The number of aliphatic hydroxyl groups is 1. The molecule has 9 nitrogen and oxygen atoms in total. The van der Waals surface area contributed by atoms with Gasteiger partial charge in [0.05, 0.1) is 40.4 Å². The Morgan fingerprint density at radius 2 is 1.87 bits per heavy atom. The van der Waals surface area contributed by atoms with E-state index in [4.69, 9.17) is 4.74 Å². The van der Waals surface area contributed by atoms with Gasteiger partial charge in [-0.1, -0.05) is 0 Å². The zero-order valence-electron chi connectivity index (χ0n) is 16.9. The van der Waals surface area contributed by atoms with Crippen LogP contribution in [0, 0.1) is 0 Å². The van der Waals surface area contributed by atoms with Crippen molar-refractivity contribution in [3.05, 3.63) is 34.9 Å². The Kier molecular flexibility index (Phi) is 5.57. The number of benzene rings is 1. The molecule has 3 fully saturated rings. The summed E-state index contributed by atoms with van der Waals surface area (Å²) >= 11 is 1.42. The number of morpholine rings is 1. The van der Waals surface area contributed by atoms with Crippen LogP contribution in [0.5, 0.6) is 0 Å². The highest BCUT2D eigenvalue weighted by molar-refractivity contribution is 7.89. The lowest BCUT2D eigenvalue weighted by molar-refractivity contribution is -0.142. The van der Waals surface area contributed by atoms with Crippen molar-refractivity contribution in [2.45, 2.75) is 10.9 Å². The Bertz CT molecular complexity index is 1120. The monoisotopic (exact) mass is 464 g/mol. The number of carbonyl (C=O) groups is 1. The van der Waals surface area contributed by atoms with Gasteiger partial charge in [-0.15, -0.1) is 11.3 Å². The normalized spacial score (nSPS) is 21.8. The third-order valence-electron chi connectivity index (χ3n) is 6.19. The van der Waals surface area contributed by atoms with Crippen LogP contribution >= 0.6 is 11.3 Å². The van der Waals surface area contributed by atoms with Crippen molar-refractivity contribution in [2.75, 3.05) is 59.1 Å². The molecule has 1 amide bonds. The lowest BCUT2D eigenvalue weighted by Crippen LogP contribution is -2.58. The van der Waals surface area contributed by atoms with E-state index in [1.807, 2.05) is 4.90 Å². The minimum Gasteiger partial charge on any atom is -0.394 e. The zero-order valence-corrected chi connectivity index (χ0v) is 18.6. The maximum Gasteiger partial charge on any atom is 0.243 e. The molecule has 0 saturated carbocycles. The first kappa shape index (κ1) is 21.0. The van der Waals surface area contributed by atoms with Crippen molar-refractivity contribution in [1.82, 2.24) is 19.1 Å². The summed E-state index contributed by atoms with van der Waals surface area (Å²) in [5.41, 5.74) is 4.71. The molecule has 3 aliphatic rings.